The van der Waals surface area contributed by atoms with E-state index in [4.69, 9.17) is 4.74 Å². The molecule has 0 unspecified atom stereocenters. The fraction of sp³-hybridized carbons (Fsp3) is 0.867. The molecule has 1 N–H and O–H groups in total. The van der Waals surface area contributed by atoms with Crippen LogP contribution in [0.4, 0.5) is 0 Å². The minimum Gasteiger partial charge on any atom is -0.467 e. The highest BCUT2D eigenvalue weighted by atomic mass is 16.5. The molecule has 1 amide bonds. The van der Waals surface area contributed by atoms with E-state index in [0.29, 0.717) is 5.92 Å². The van der Waals surface area contributed by atoms with E-state index < -0.39 is 6.04 Å². The van der Waals surface area contributed by atoms with E-state index in [1.54, 1.807) is 0 Å². The number of carbonyl (C=O) groups excluding carboxylic acids is 2. The van der Waals surface area contributed by atoms with Crippen molar-refractivity contribution in [2.75, 3.05) is 21.2 Å². The van der Waals surface area contributed by atoms with Gasteiger partial charge < -0.3 is 10.1 Å². The van der Waals surface area contributed by atoms with Gasteiger partial charge in [-0.15, -0.1) is 0 Å². The second-order valence-corrected chi connectivity index (χ2v) is 6.00. The Morgan fingerprint density at radius 1 is 1.20 bits per heavy atom. The molecule has 0 fully saturated rings. The standard InChI is InChI=1S/C15H30N2O3/c1-8-11(4)13(15(19)20-7)16-14(18)12(17(5)6)9-10(2)3/h10-13H,8-9H2,1-7H3,(H,16,18)/t11-,12-,13-/m0/s1. The van der Waals surface area contributed by atoms with Crippen LogP contribution in [0.2, 0.25) is 0 Å². The molecule has 0 aromatic rings. The van der Waals surface area contributed by atoms with Gasteiger partial charge in [0.2, 0.25) is 5.91 Å². The Hall–Kier alpha value is -1.10. The molecule has 3 atom stereocenters. The molecule has 5 nitrogen and oxygen atoms in total. The average Bonchev–Trinajstić information content (AvgIpc) is 2.39. The summed E-state index contributed by atoms with van der Waals surface area (Å²) < 4.78 is 4.79. The molecule has 0 saturated heterocycles. The monoisotopic (exact) mass is 286 g/mol. The average molecular weight is 286 g/mol. The summed E-state index contributed by atoms with van der Waals surface area (Å²) in [4.78, 5) is 26.1. The number of amides is 1. The van der Waals surface area contributed by atoms with Gasteiger partial charge in [-0.1, -0.05) is 34.1 Å². The lowest BCUT2D eigenvalue weighted by Crippen LogP contribution is -2.52. The van der Waals surface area contributed by atoms with Crippen molar-refractivity contribution in [3.8, 4) is 0 Å². The molecule has 5 heteroatoms. The predicted octanol–water partition coefficient (Wildman–Crippen LogP) is 1.67. The van der Waals surface area contributed by atoms with Crippen LogP contribution in [-0.2, 0) is 14.3 Å². The number of hydrogen-bond donors (Lipinski definition) is 1. The first-order chi connectivity index (χ1) is 9.24. The lowest BCUT2D eigenvalue weighted by atomic mass is 9.97. The zero-order chi connectivity index (χ0) is 15.9. The van der Waals surface area contributed by atoms with Crippen molar-refractivity contribution in [2.24, 2.45) is 11.8 Å². The van der Waals surface area contributed by atoms with Crippen molar-refractivity contribution in [3.63, 3.8) is 0 Å². The van der Waals surface area contributed by atoms with E-state index in [1.165, 1.54) is 7.11 Å². The van der Waals surface area contributed by atoms with Gasteiger partial charge in [0.1, 0.15) is 6.04 Å². The number of hydrogen-bond acceptors (Lipinski definition) is 4. The molecule has 0 aliphatic heterocycles. The lowest BCUT2D eigenvalue weighted by Gasteiger charge is -2.28. The van der Waals surface area contributed by atoms with Crippen LogP contribution in [-0.4, -0.2) is 50.1 Å². The van der Waals surface area contributed by atoms with E-state index >= 15 is 0 Å². The third kappa shape index (κ3) is 5.90. The molecule has 0 aromatic carbocycles. The zero-order valence-corrected chi connectivity index (χ0v) is 13.9. The van der Waals surface area contributed by atoms with E-state index in [0.717, 1.165) is 12.8 Å². The summed E-state index contributed by atoms with van der Waals surface area (Å²) in [6, 6.07) is -0.807. The summed E-state index contributed by atoms with van der Waals surface area (Å²) in [5.74, 6) is -0.0317. The fourth-order valence-electron chi connectivity index (χ4n) is 2.04. The highest BCUT2D eigenvalue weighted by molar-refractivity contribution is 5.87. The van der Waals surface area contributed by atoms with Crippen LogP contribution in [0.1, 0.15) is 40.5 Å². The number of nitrogens with one attached hydrogen (secondary N) is 1. The lowest BCUT2D eigenvalue weighted by molar-refractivity contribution is -0.147. The molecule has 0 heterocycles. The number of rotatable bonds is 8. The smallest absolute Gasteiger partial charge is 0.328 e. The zero-order valence-electron chi connectivity index (χ0n) is 13.9. The SMILES string of the molecule is CC[C@H](C)[C@H](NC(=O)[C@H](CC(C)C)N(C)C)C(=O)OC. The molecule has 20 heavy (non-hydrogen) atoms. The number of methoxy groups -OCH3 is 1. The maximum Gasteiger partial charge on any atom is 0.328 e. The first kappa shape index (κ1) is 18.9. The van der Waals surface area contributed by atoms with Crippen LogP contribution in [0.15, 0.2) is 0 Å². The summed E-state index contributed by atoms with van der Waals surface area (Å²) in [7, 11) is 5.10. The van der Waals surface area contributed by atoms with Crippen molar-refractivity contribution in [3.05, 3.63) is 0 Å². The molecule has 0 radical (unpaired) electrons. The molecule has 118 valence electrons. The second kappa shape index (κ2) is 8.95. The molecule has 0 spiro atoms. The molecule has 0 aromatic heterocycles. The quantitative estimate of drug-likeness (QED) is 0.690. The maximum atomic E-state index is 12.4. The van der Waals surface area contributed by atoms with Gasteiger partial charge in [0.15, 0.2) is 0 Å². The molecule has 0 aliphatic rings. The molecule has 0 bridgehead atoms. The number of nitrogens with zero attached hydrogens (tertiary/aromatic N) is 1. The van der Waals surface area contributed by atoms with Crippen molar-refractivity contribution in [2.45, 2.75) is 52.6 Å². The number of esters is 1. The highest BCUT2D eigenvalue weighted by Crippen LogP contribution is 2.13. The molecule has 0 saturated carbocycles. The van der Waals surface area contributed by atoms with Gasteiger partial charge >= 0.3 is 5.97 Å². The Balaban J connectivity index is 4.91. The van der Waals surface area contributed by atoms with Crippen LogP contribution >= 0.6 is 0 Å². The van der Waals surface area contributed by atoms with Crippen LogP contribution in [0.5, 0.6) is 0 Å². The Bertz CT molecular complexity index is 316. The van der Waals surface area contributed by atoms with Gasteiger partial charge in [-0.3, -0.25) is 9.69 Å². The van der Waals surface area contributed by atoms with E-state index in [2.05, 4.69) is 19.2 Å². The first-order valence-electron chi connectivity index (χ1n) is 7.29. The van der Waals surface area contributed by atoms with E-state index in [1.807, 2.05) is 32.8 Å². The van der Waals surface area contributed by atoms with Gasteiger partial charge in [0, 0.05) is 0 Å². The van der Waals surface area contributed by atoms with E-state index in [9.17, 15) is 9.59 Å². The van der Waals surface area contributed by atoms with Gasteiger partial charge in [0.05, 0.1) is 13.2 Å². The van der Waals surface area contributed by atoms with Crippen molar-refractivity contribution < 1.29 is 14.3 Å². The number of carbonyl (C=O) groups is 2. The topological polar surface area (TPSA) is 58.6 Å². The summed E-state index contributed by atoms with van der Waals surface area (Å²) in [5, 5.41) is 2.85. The second-order valence-electron chi connectivity index (χ2n) is 6.00. The van der Waals surface area contributed by atoms with Crippen LogP contribution in [0.3, 0.4) is 0 Å². The Morgan fingerprint density at radius 3 is 2.10 bits per heavy atom. The third-order valence-corrected chi connectivity index (χ3v) is 3.59. The third-order valence-electron chi connectivity index (χ3n) is 3.59. The van der Waals surface area contributed by atoms with Crippen LogP contribution in [0, 0.1) is 11.8 Å². The summed E-state index contributed by atoms with van der Waals surface area (Å²) >= 11 is 0. The highest BCUT2D eigenvalue weighted by Gasteiger charge is 2.30. The Kier molecular flexibility index (Phi) is 8.46. The number of ether oxygens (including phenoxy) is 1. The van der Waals surface area contributed by atoms with Gasteiger partial charge in [-0.25, -0.2) is 4.79 Å². The minimum atomic E-state index is -0.577. The summed E-state index contributed by atoms with van der Waals surface area (Å²) in [6.07, 6.45) is 1.56. The summed E-state index contributed by atoms with van der Waals surface area (Å²) in [5.41, 5.74) is 0. The number of likely N-dealkylation sites (N-methyl/N-ethyl adjacent to an activating group) is 1. The van der Waals surface area contributed by atoms with Gasteiger partial charge in [0.25, 0.3) is 0 Å². The molecular weight excluding hydrogens is 256 g/mol. The summed E-state index contributed by atoms with van der Waals surface area (Å²) in [6.45, 7) is 8.09. The van der Waals surface area contributed by atoms with Gasteiger partial charge in [-0.2, -0.15) is 0 Å². The Morgan fingerprint density at radius 2 is 1.75 bits per heavy atom. The Labute approximate surface area is 123 Å². The first-order valence-corrected chi connectivity index (χ1v) is 7.29. The maximum absolute atomic E-state index is 12.4. The largest absolute Gasteiger partial charge is 0.467 e. The minimum absolute atomic E-state index is 0.0493. The van der Waals surface area contributed by atoms with Crippen molar-refractivity contribution >= 4 is 11.9 Å². The normalized spacial score (nSPS) is 15.8. The van der Waals surface area contributed by atoms with Crippen molar-refractivity contribution in [1.29, 1.82) is 0 Å². The van der Waals surface area contributed by atoms with Crippen LogP contribution in [0.25, 0.3) is 0 Å². The van der Waals surface area contributed by atoms with Crippen molar-refractivity contribution in [1.82, 2.24) is 10.2 Å². The van der Waals surface area contributed by atoms with Crippen LogP contribution < -0.4 is 5.32 Å². The molecule has 0 rings (SSSR count). The molecule has 0 aliphatic carbocycles. The fourth-order valence-corrected chi connectivity index (χ4v) is 2.04. The van der Waals surface area contributed by atoms with E-state index in [-0.39, 0.29) is 23.8 Å². The van der Waals surface area contributed by atoms with Gasteiger partial charge in [-0.05, 0) is 32.4 Å². The molecular formula is C15H30N2O3. The predicted molar refractivity (Wildman–Crippen MR) is 80.3 cm³/mol.